The summed E-state index contributed by atoms with van der Waals surface area (Å²) in [6, 6.07) is 10.4. The first-order chi connectivity index (χ1) is 8.81. The Bertz CT molecular complexity index is 507. The van der Waals surface area contributed by atoms with E-state index in [0.29, 0.717) is 12.5 Å². The van der Waals surface area contributed by atoms with Crippen molar-refractivity contribution in [3.05, 3.63) is 48.6 Å². The molecule has 2 N–H and O–H groups in total. The summed E-state index contributed by atoms with van der Waals surface area (Å²) in [4.78, 5) is 0. The van der Waals surface area contributed by atoms with Crippen molar-refractivity contribution in [3.63, 3.8) is 0 Å². The maximum Gasteiger partial charge on any atom is 0.222 e. The molecule has 2 aromatic rings. The molecule has 1 aromatic heterocycles. The Morgan fingerprint density at radius 3 is 2.78 bits per heavy atom. The average molecular weight is 260 g/mol. The van der Waals surface area contributed by atoms with Crippen molar-refractivity contribution < 1.29 is 0 Å². The van der Waals surface area contributed by atoms with Crippen molar-refractivity contribution in [2.75, 3.05) is 11.5 Å². The number of thioether (sulfide) groups is 1. The standard InChI is InChI=1S/C13H16N4S/c1-2-9-17-12(14)15-16-13(17)18-10-8-11-6-4-3-5-7-11/h2-7H,1,8-10H2,(H2,14,15). The molecule has 5 heteroatoms. The molecule has 4 nitrogen and oxygen atoms in total. The van der Waals surface area contributed by atoms with Crippen molar-refractivity contribution in [2.45, 2.75) is 18.1 Å². The number of rotatable bonds is 6. The van der Waals surface area contributed by atoms with Gasteiger partial charge in [-0.25, -0.2) is 0 Å². The zero-order chi connectivity index (χ0) is 12.8. The second kappa shape index (κ2) is 6.26. The molecule has 0 aliphatic carbocycles. The highest BCUT2D eigenvalue weighted by atomic mass is 32.2. The quantitative estimate of drug-likeness (QED) is 0.640. The van der Waals surface area contributed by atoms with Crippen LogP contribution in [0.2, 0.25) is 0 Å². The Morgan fingerprint density at radius 1 is 1.28 bits per heavy atom. The highest BCUT2D eigenvalue weighted by Crippen LogP contribution is 2.19. The van der Waals surface area contributed by atoms with E-state index in [1.807, 2.05) is 10.6 Å². The lowest BCUT2D eigenvalue weighted by Crippen LogP contribution is -2.03. The first-order valence-electron chi connectivity index (χ1n) is 5.77. The summed E-state index contributed by atoms with van der Waals surface area (Å²) in [6.07, 6.45) is 2.80. The van der Waals surface area contributed by atoms with Gasteiger partial charge in [-0.15, -0.1) is 16.8 Å². The van der Waals surface area contributed by atoms with Crippen molar-refractivity contribution in [1.82, 2.24) is 14.8 Å². The third-order valence-corrected chi connectivity index (χ3v) is 3.49. The third-order valence-electron chi connectivity index (χ3n) is 2.52. The summed E-state index contributed by atoms with van der Waals surface area (Å²) in [7, 11) is 0. The largest absolute Gasteiger partial charge is 0.368 e. The average Bonchev–Trinajstić information content (AvgIpc) is 2.73. The Labute approximate surface area is 111 Å². The van der Waals surface area contributed by atoms with E-state index in [4.69, 9.17) is 5.73 Å². The molecule has 94 valence electrons. The second-order valence-electron chi connectivity index (χ2n) is 3.82. The molecule has 0 fully saturated rings. The van der Waals surface area contributed by atoms with E-state index in [-0.39, 0.29) is 0 Å². The van der Waals surface area contributed by atoms with Crippen LogP contribution in [0.15, 0.2) is 48.1 Å². The summed E-state index contributed by atoms with van der Waals surface area (Å²) >= 11 is 1.66. The van der Waals surface area contributed by atoms with Crippen LogP contribution < -0.4 is 5.73 Å². The minimum Gasteiger partial charge on any atom is -0.368 e. The van der Waals surface area contributed by atoms with Crippen LogP contribution in [0.1, 0.15) is 5.56 Å². The van der Waals surface area contributed by atoms with Gasteiger partial charge in [-0.3, -0.25) is 4.57 Å². The van der Waals surface area contributed by atoms with E-state index in [1.165, 1.54) is 5.56 Å². The molecule has 0 unspecified atom stereocenters. The van der Waals surface area contributed by atoms with Gasteiger partial charge in [0.2, 0.25) is 5.95 Å². The van der Waals surface area contributed by atoms with Crippen LogP contribution in [0.3, 0.4) is 0 Å². The fraction of sp³-hybridized carbons (Fsp3) is 0.231. The van der Waals surface area contributed by atoms with Crippen LogP contribution >= 0.6 is 11.8 Å². The van der Waals surface area contributed by atoms with E-state index < -0.39 is 0 Å². The van der Waals surface area contributed by atoms with Gasteiger partial charge in [0.25, 0.3) is 0 Å². The fourth-order valence-electron chi connectivity index (χ4n) is 1.61. The van der Waals surface area contributed by atoms with Crippen LogP contribution in [0, 0.1) is 0 Å². The normalized spacial score (nSPS) is 10.4. The molecule has 0 aliphatic rings. The summed E-state index contributed by atoms with van der Waals surface area (Å²) in [5.74, 6) is 1.40. The smallest absolute Gasteiger partial charge is 0.222 e. The number of benzene rings is 1. The minimum absolute atomic E-state index is 0.442. The number of aromatic nitrogens is 3. The van der Waals surface area contributed by atoms with Crippen LogP contribution in [-0.4, -0.2) is 20.5 Å². The Morgan fingerprint density at radius 2 is 2.06 bits per heavy atom. The van der Waals surface area contributed by atoms with Gasteiger partial charge in [0.15, 0.2) is 5.16 Å². The van der Waals surface area contributed by atoms with Crippen molar-refractivity contribution in [1.29, 1.82) is 0 Å². The zero-order valence-electron chi connectivity index (χ0n) is 10.1. The maximum atomic E-state index is 5.74. The molecule has 1 aromatic carbocycles. The van der Waals surface area contributed by atoms with Gasteiger partial charge in [-0.1, -0.05) is 48.2 Å². The van der Waals surface area contributed by atoms with E-state index in [2.05, 4.69) is 41.0 Å². The predicted octanol–water partition coefficient (Wildman–Crippen LogP) is 2.38. The van der Waals surface area contributed by atoms with Gasteiger partial charge < -0.3 is 5.73 Å². The molecule has 2 rings (SSSR count). The SMILES string of the molecule is C=CCn1c(N)nnc1SCCc1ccccc1. The van der Waals surface area contributed by atoms with E-state index in [0.717, 1.165) is 17.3 Å². The minimum atomic E-state index is 0.442. The lowest BCUT2D eigenvalue weighted by atomic mass is 10.2. The molecule has 0 radical (unpaired) electrons. The molecule has 0 spiro atoms. The monoisotopic (exact) mass is 260 g/mol. The summed E-state index contributed by atoms with van der Waals surface area (Å²) in [5, 5.41) is 8.80. The molecule has 0 saturated carbocycles. The molecule has 0 amide bonds. The highest BCUT2D eigenvalue weighted by Gasteiger charge is 2.08. The molecule has 0 aliphatic heterocycles. The number of allylic oxidation sites excluding steroid dienone is 1. The number of anilines is 1. The number of nitrogen functional groups attached to an aromatic ring is 1. The first kappa shape index (κ1) is 12.7. The lowest BCUT2D eigenvalue weighted by molar-refractivity contribution is 0.733. The molecule has 1 heterocycles. The number of nitrogens with zero attached hydrogens (tertiary/aromatic N) is 3. The van der Waals surface area contributed by atoms with Gasteiger partial charge >= 0.3 is 0 Å². The van der Waals surface area contributed by atoms with Gasteiger partial charge in [-0.2, -0.15) is 0 Å². The Balaban J connectivity index is 1.92. The topological polar surface area (TPSA) is 56.7 Å². The van der Waals surface area contributed by atoms with E-state index >= 15 is 0 Å². The summed E-state index contributed by atoms with van der Waals surface area (Å²) in [5.41, 5.74) is 7.07. The van der Waals surface area contributed by atoms with Crippen LogP contribution in [0.25, 0.3) is 0 Å². The van der Waals surface area contributed by atoms with Gasteiger partial charge in [0.1, 0.15) is 0 Å². The number of nitrogens with two attached hydrogens (primary N) is 1. The van der Waals surface area contributed by atoms with Crippen LogP contribution in [0.5, 0.6) is 0 Å². The van der Waals surface area contributed by atoms with Crippen LogP contribution in [0.4, 0.5) is 5.95 Å². The lowest BCUT2D eigenvalue weighted by Gasteiger charge is -2.04. The number of aryl methyl sites for hydroxylation is 1. The zero-order valence-corrected chi connectivity index (χ0v) is 10.9. The Hall–Kier alpha value is -1.75. The van der Waals surface area contributed by atoms with E-state index in [1.54, 1.807) is 17.8 Å². The van der Waals surface area contributed by atoms with Crippen molar-refractivity contribution in [2.24, 2.45) is 0 Å². The van der Waals surface area contributed by atoms with Crippen LogP contribution in [-0.2, 0) is 13.0 Å². The predicted molar refractivity (Wildman–Crippen MR) is 75.5 cm³/mol. The Kier molecular flexibility index (Phi) is 4.41. The first-order valence-corrected chi connectivity index (χ1v) is 6.76. The van der Waals surface area contributed by atoms with E-state index in [9.17, 15) is 0 Å². The maximum absolute atomic E-state index is 5.74. The van der Waals surface area contributed by atoms with Gasteiger partial charge in [0.05, 0.1) is 0 Å². The highest BCUT2D eigenvalue weighted by molar-refractivity contribution is 7.99. The molecular weight excluding hydrogens is 244 g/mol. The summed E-state index contributed by atoms with van der Waals surface area (Å²) in [6.45, 7) is 4.35. The third kappa shape index (κ3) is 3.13. The number of hydrogen-bond acceptors (Lipinski definition) is 4. The van der Waals surface area contributed by atoms with Crippen molar-refractivity contribution in [3.8, 4) is 0 Å². The molecule has 0 atom stereocenters. The summed E-state index contributed by atoms with van der Waals surface area (Å²) < 4.78 is 1.86. The fourth-order valence-corrected chi connectivity index (χ4v) is 2.56. The molecule has 18 heavy (non-hydrogen) atoms. The molecule has 0 saturated heterocycles. The van der Waals surface area contributed by atoms with Gasteiger partial charge in [0, 0.05) is 12.3 Å². The van der Waals surface area contributed by atoms with Crippen molar-refractivity contribution >= 4 is 17.7 Å². The van der Waals surface area contributed by atoms with Gasteiger partial charge in [-0.05, 0) is 12.0 Å². The molecular formula is C13H16N4S. The number of hydrogen-bond donors (Lipinski definition) is 1. The second-order valence-corrected chi connectivity index (χ2v) is 4.89. The molecule has 0 bridgehead atoms.